The first-order valence-electron chi connectivity index (χ1n) is 15.0. The smallest absolute Gasteiger partial charge is 0.243 e. The van der Waals surface area contributed by atoms with Crippen molar-refractivity contribution < 1.29 is 24.3 Å². The number of ketones is 1. The van der Waals surface area contributed by atoms with Crippen molar-refractivity contribution in [2.24, 2.45) is 28.6 Å². The second kappa shape index (κ2) is 11.3. The van der Waals surface area contributed by atoms with E-state index >= 15 is 0 Å². The van der Waals surface area contributed by atoms with Gasteiger partial charge in [-0.2, -0.15) is 0 Å². The van der Waals surface area contributed by atoms with Gasteiger partial charge in [0.25, 0.3) is 0 Å². The van der Waals surface area contributed by atoms with Crippen molar-refractivity contribution in [3.63, 3.8) is 0 Å². The SMILES string of the molecule is CCC(O)N[C@H](C(=O)N1C[C@H]2[C@@H]([C@H]1C(=O)N[C@@H](C[C@@H]1CCNC1=O)C(=O)c1nc3ccccc3s1)C2(C)C)C(C)(C)C. The highest BCUT2D eigenvalue weighted by Gasteiger charge is 2.69. The lowest BCUT2D eigenvalue weighted by Gasteiger charge is -2.38. The van der Waals surface area contributed by atoms with Gasteiger partial charge in [0, 0.05) is 19.0 Å². The molecule has 42 heavy (non-hydrogen) atoms. The zero-order valence-corrected chi connectivity index (χ0v) is 26.1. The number of rotatable bonds is 10. The first kappa shape index (κ1) is 30.6. The molecule has 2 saturated heterocycles. The lowest BCUT2D eigenvalue weighted by Crippen LogP contribution is -2.60. The monoisotopic (exact) mass is 597 g/mol. The van der Waals surface area contributed by atoms with Gasteiger partial charge in [-0.1, -0.05) is 53.7 Å². The maximum atomic E-state index is 14.2. The molecular formula is C31H43N5O5S. The van der Waals surface area contributed by atoms with Gasteiger partial charge in [-0.05, 0) is 54.1 Å². The van der Waals surface area contributed by atoms with E-state index in [2.05, 4.69) is 34.8 Å². The van der Waals surface area contributed by atoms with Gasteiger partial charge >= 0.3 is 0 Å². The summed E-state index contributed by atoms with van der Waals surface area (Å²) in [7, 11) is 0. The number of aromatic nitrogens is 1. The second-order valence-electron chi connectivity index (χ2n) is 13.7. The summed E-state index contributed by atoms with van der Waals surface area (Å²) in [5.41, 5.74) is 0.0711. The number of nitrogens with one attached hydrogen (secondary N) is 3. The van der Waals surface area contributed by atoms with Crippen LogP contribution in [0.15, 0.2) is 24.3 Å². The van der Waals surface area contributed by atoms with Crippen LogP contribution in [0.25, 0.3) is 10.2 Å². The molecule has 7 atom stereocenters. The van der Waals surface area contributed by atoms with Crippen LogP contribution >= 0.6 is 11.3 Å². The molecule has 11 heteroatoms. The Hall–Kier alpha value is -2.89. The molecule has 2 aromatic rings. The number of carbonyl (C=O) groups excluding carboxylic acids is 4. The standard InChI is InChI=1S/C31H43N5O5S/c1-7-21(37)35-25(30(2,3)4)29(41)36-15-17-22(31(17,5)6)23(36)27(40)33-19(14-16-12-13-32-26(16)39)24(38)28-34-18-10-8-9-11-20(18)42-28/h8-11,16-17,19,21-23,25,35,37H,7,12-15H2,1-6H3,(H,32,39)(H,33,40)/t16-,17-,19-,21?,22-,23-,25+/m0/s1. The van der Waals surface area contributed by atoms with Crippen LogP contribution in [0.4, 0.5) is 0 Å². The normalized spacial score (nSPS) is 26.8. The Morgan fingerprint density at radius 3 is 2.57 bits per heavy atom. The zero-order chi connectivity index (χ0) is 30.6. The number of aliphatic hydroxyl groups is 1. The van der Waals surface area contributed by atoms with Crippen LogP contribution in [0.2, 0.25) is 0 Å². The second-order valence-corrected chi connectivity index (χ2v) is 14.7. The third-order valence-electron chi connectivity index (χ3n) is 9.44. The van der Waals surface area contributed by atoms with Gasteiger partial charge in [0.2, 0.25) is 23.5 Å². The average Bonchev–Trinajstić information content (AvgIpc) is 3.45. The molecule has 1 unspecified atom stereocenters. The van der Waals surface area contributed by atoms with Gasteiger partial charge < -0.3 is 20.6 Å². The number of hydrogen-bond acceptors (Lipinski definition) is 8. The van der Waals surface area contributed by atoms with Gasteiger partial charge in [-0.3, -0.25) is 24.5 Å². The Morgan fingerprint density at radius 1 is 1.24 bits per heavy atom. The summed E-state index contributed by atoms with van der Waals surface area (Å²) in [4.78, 5) is 60.7. The number of hydrogen-bond donors (Lipinski definition) is 4. The molecule has 3 amide bonds. The van der Waals surface area contributed by atoms with Gasteiger partial charge in [0.1, 0.15) is 12.3 Å². The average molecular weight is 598 g/mol. The van der Waals surface area contributed by atoms with E-state index in [4.69, 9.17) is 0 Å². The van der Waals surface area contributed by atoms with Gasteiger partial charge in [0.05, 0.1) is 22.3 Å². The van der Waals surface area contributed by atoms with Crippen molar-refractivity contribution in [2.75, 3.05) is 13.1 Å². The Kier molecular flexibility index (Phi) is 8.23. The van der Waals surface area contributed by atoms with Crippen LogP contribution < -0.4 is 16.0 Å². The predicted octanol–water partition coefficient (Wildman–Crippen LogP) is 2.71. The highest BCUT2D eigenvalue weighted by molar-refractivity contribution is 7.20. The minimum Gasteiger partial charge on any atom is -0.379 e. The molecule has 3 heterocycles. The van der Waals surface area contributed by atoms with E-state index in [9.17, 15) is 24.3 Å². The predicted molar refractivity (Wildman–Crippen MR) is 161 cm³/mol. The van der Waals surface area contributed by atoms with Crippen molar-refractivity contribution in [3.8, 4) is 0 Å². The molecule has 0 radical (unpaired) electrons. The molecule has 4 N–H and O–H groups in total. The summed E-state index contributed by atoms with van der Waals surface area (Å²) >= 11 is 1.27. The van der Waals surface area contributed by atoms with Crippen molar-refractivity contribution >= 4 is 45.1 Å². The van der Waals surface area contributed by atoms with E-state index in [1.165, 1.54) is 11.3 Å². The lowest BCUT2D eigenvalue weighted by atomic mass is 9.85. The van der Waals surface area contributed by atoms with Crippen LogP contribution in [-0.2, 0) is 14.4 Å². The fourth-order valence-electron chi connectivity index (χ4n) is 6.75. The highest BCUT2D eigenvalue weighted by Crippen LogP contribution is 2.65. The summed E-state index contributed by atoms with van der Waals surface area (Å²) in [6.07, 6.45) is 0.335. The molecule has 3 aliphatic rings. The molecule has 3 fully saturated rings. The Morgan fingerprint density at radius 2 is 1.95 bits per heavy atom. The lowest BCUT2D eigenvalue weighted by molar-refractivity contribution is -0.145. The molecular weight excluding hydrogens is 554 g/mol. The van der Waals surface area contributed by atoms with E-state index in [0.29, 0.717) is 31.4 Å². The first-order chi connectivity index (χ1) is 19.7. The number of nitrogens with zero attached hydrogens (tertiary/aromatic N) is 2. The zero-order valence-electron chi connectivity index (χ0n) is 25.3. The third kappa shape index (κ3) is 5.70. The van der Waals surface area contributed by atoms with E-state index in [0.717, 1.165) is 4.70 Å². The minimum absolute atomic E-state index is 0.0499. The number of para-hydroxylation sites is 1. The quantitative estimate of drug-likeness (QED) is 0.244. The molecule has 0 bridgehead atoms. The fourth-order valence-corrected chi connectivity index (χ4v) is 7.71. The van der Waals surface area contributed by atoms with Gasteiger partial charge in [0.15, 0.2) is 5.01 Å². The van der Waals surface area contributed by atoms with E-state index < -0.39 is 35.7 Å². The summed E-state index contributed by atoms with van der Waals surface area (Å²) in [5.74, 6) is -1.36. The summed E-state index contributed by atoms with van der Waals surface area (Å²) in [6, 6.07) is 5.06. The Bertz CT molecular complexity index is 1350. The molecule has 10 nitrogen and oxygen atoms in total. The number of aliphatic hydroxyl groups excluding tert-OH is 1. The van der Waals surface area contributed by atoms with Crippen molar-refractivity contribution in [1.29, 1.82) is 0 Å². The molecule has 5 rings (SSSR count). The molecule has 1 saturated carbocycles. The van der Waals surface area contributed by atoms with E-state index in [1.807, 2.05) is 52.0 Å². The molecule has 1 aromatic carbocycles. The number of fused-ring (bicyclic) bond motifs is 2. The number of piperidine rings is 1. The number of carbonyl (C=O) groups is 4. The minimum atomic E-state index is -0.955. The number of thiazole rings is 1. The molecule has 1 aromatic heterocycles. The summed E-state index contributed by atoms with van der Waals surface area (Å²) < 4.78 is 0.870. The van der Waals surface area contributed by atoms with Crippen LogP contribution in [-0.4, -0.2) is 75.9 Å². The highest BCUT2D eigenvalue weighted by atomic mass is 32.1. The van der Waals surface area contributed by atoms with Crippen molar-refractivity contribution in [1.82, 2.24) is 25.8 Å². The molecule has 228 valence electrons. The van der Waals surface area contributed by atoms with E-state index in [1.54, 1.807) is 4.90 Å². The topological polar surface area (TPSA) is 141 Å². The number of benzene rings is 1. The van der Waals surface area contributed by atoms with Gasteiger partial charge in [-0.15, -0.1) is 11.3 Å². The molecule has 1 aliphatic carbocycles. The van der Waals surface area contributed by atoms with Crippen molar-refractivity contribution in [3.05, 3.63) is 29.3 Å². The molecule has 0 spiro atoms. The van der Waals surface area contributed by atoms with Crippen LogP contribution in [0.1, 0.15) is 70.6 Å². The fraction of sp³-hybridized carbons (Fsp3) is 0.645. The maximum absolute atomic E-state index is 14.2. The van der Waals surface area contributed by atoms with Crippen LogP contribution in [0, 0.1) is 28.6 Å². The number of Topliss-reactive ketones (excluding diaryl/α,β-unsaturated/α-hetero) is 1. The largest absolute Gasteiger partial charge is 0.379 e. The number of likely N-dealkylation sites (tertiary alicyclic amines) is 1. The first-order valence-corrected chi connectivity index (χ1v) is 15.8. The Balaban J connectivity index is 1.43. The van der Waals surface area contributed by atoms with Crippen molar-refractivity contribution in [2.45, 2.75) is 85.2 Å². The third-order valence-corrected chi connectivity index (χ3v) is 10.5. The Labute approximate surface area is 251 Å². The maximum Gasteiger partial charge on any atom is 0.243 e. The number of amides is 3. The van der Waals surface area contributed by atoms with Crippen LogP contribution in [0.5, 0.6) is 0 Å². The molecule has 2 aliphatic heterocycles. The van der Waals surface area contributed by atoms with Crippen LogP contribution in [0.3, 0.4) is 0 Å². The van der Waals surface area contributed by atoms with Gasteiger partial charge in [-0.25, -0.2) is 4.98 Å². The summed E-state index contributed by atoms with van der Waals surface area (Å²) in [5, 5.41) is 19.5. The van der Waals surface area contributed by atoms with E-state index in [-0.39, 0.29) is 52.2 Å². The summed E-state index contributed by atoms with van der Waals surface area (Å²) in [6.45, 7) is 12.8.